The molecule has 0 amide bonds. The van der Waals surface area contributed by atoms with Gasteiger partial charge in [0.25, 0.3) is 0 Å². The predicted octanol–water partition coefficient (Wildman–Crippen LogP) is 2.82. The topological polar surface area (TPSA) is 33.7 Å². The van der Waals surface area contributed by atoms with Crippen LogP contribution in [0.5, 0.6) is 11.5 Å². The van der Waals surface area contributed by atoms with Gasteiger partial charge in [-0.2, -0.15) is 0 Å². The van der Waals surface area contributed by atoms with Crippen LogP contribution in [0, 0.1) is 0 Å². The average molecular weight is 290 g/mol. The zero-order chi connectivity index (χ0) is 14.7. The van der Waals surface area contributed by atoms with E-state index in [9.17, 15) is 0 Å². The summed E-state index contributed by atoms with van der Waals surface area (Å²) in [6.45, 7) is 9.26. The summed E-state index contributed by atoms with van der Waals surface area (Å²) in [7, 11) is 0. The van der Waals surface area contributed by atoms with Crippen LogP contribution in [0.1, 0.15) is 33.1 Å². The maximum atomic E-state index is 5.82. The molecule has 2 heterocycles. The van der Waals surface area contributed by atoms with E-state index in [4.69, 9.17) is 9.47 Å². The highest BCUT2D eigenvalue weighted by molar-refractivity contribution is 5.57. The van der Waals surface area contributed by atoms with E-state index in [1.54, 1.807) is 0 Å². The first kappa shape index (κ1) is 14.5. The zero-order valence-corrected chi connectivity index (χ0v) is 13.2. The van der Waals surface area contributed by atoms with Crippen molar-refractivity contribution in [3.63, 3.8) is 0 Å². The Bertz CT molecular complexity index is 492. The second kappa shape index (κ2) is 6.14. The normalized spacial score (nSPS) is 26.1. The number of benzene rings is 1. The van der Waals surface area contributed by atoms with Gasteiger partial charge in [0.1, 0.15) is 0 Å². The van der Waals surface area contributed by atoms with Crippen molar-refractivity contribution in [2.75, 3.05) is 37.7 Å². The summed E-state index contributed by atoms with van der Waals surface area (Å²) in [4.78, 5) is 2.47. The fraction of sp³-hybridized carbons (Fsp3) is 0.647. The summed E-state index contributed by atoms with van der Waals surface area (Å²) < 4.78 is 11.5. The Labute approximate surface area is 127 Å². The minimum Gasteiger partial charge on any atom is -0.490 e. The highest BCUT2D eigenvalue weighted by Gasteiger charge is 2.27. The molecule has 2 aliphatic rings. The van der Waals surface area contributed by atoms with Crippen LogP contribution >= 0.6 is 0 Å². The van der Waals surface area contributed by atoms with Crippen LogP contribution in [0.2, 0.25) is 0 Å². The Kier molecular flexibility index (Phi) is 4.24. The van der Waals surface area contributed by atoms with E-state index in [1.807, 2.05) is 0 Å². The quantitative estimate of drug-likeness (QED) is 0.908. The lowest BCUT2D eigenvalue weighted by atomic mass is 9.98. The van der Waals surface area contributed by atoms with Crippen LogP contribution in [0.4, 0.5) is 5.69 Å². The minimum atomic E-state index is 0.181. The lowest BCUT2D eigenvalue weighted by Gasteiger charge is -2.34. The second-order valence-corrected chi connectivity index (χ2v) is 6.30. The molecule has 1 fully saturated rings. The highest BCUT2D eigenvalue weighted by Crippen LogP contribution is 2.34. The van der Waals surface area contributed by atoms with Crippen molar-refractivity contribution in [2.45, 2.75) is 38.6 Å². The summed E-state index contributed by atoms with van der Waals surface area (Å²) >= 11 is 0. The summed E-state index contributed by atoms with van der Waals surface area (Å²) in [5.74, 6) is 1.77. The molecule has 1 N–H and O–H groups in total. The molecule has 21 heavy (non-hydrogen) atoms. The minimum absolute atomic E-state index is 0.181. The zero-order valence-electron chi connectivity index (χ0n) is 13.2. The smallest absolute Gasteiger partial charge is 0.163 e. The van der Waals surface area contributed by atoms with Crippen LogP contribution in [0.3, 0.4) is 0 Å². The average Bonchev–Trinajstić information content (AvgIpc) is 2.85. The lowest BCUT2D eigenvalue weighted by Crippen LogP contribution is -2.48. The molecule has 0 saturated carbocycles. The van der Waals surface area contributed by atoms with E-state index in [0.29, 0.717) is 0 Å². The van der Waals surface area contributed by atoms with Gasteiger partial charge in [-0.05, 0) is 38.4 Å². The third-order valence-electron chi connectivity index (χ3n) is 4.57. The molecule has 0 aliphatic carbocycles. The van der Waals surface area contributed by atoms with E-state index in [2.05, 4.69) is 42.3 Å². The summed E-state index contributed by atoms with van der Waals surface area (Å²) in [5.41, 5.74) is 1.42. The third kappa shape index (κ3) is 3.26. The molecular weight excluding hydrogens is 264 g/mol. The van der Waals surface area contributed by atoms with Gasteiger partial charge < -0.3 is 19.7 Å². The maximum absolute atomic E-state index is 5.82. The van der Waals surface area contributed by atoms with Crippen molar-refractivity contribution in [1.82, 2.24) is 5.32 Å². The Hall–Kier alpha value is -1.42. The Morgan fingerprint density at radius 3 is 2.81 bits per heavy atom. The van der Waals surface area contributed by atoms with Crippen molar-refractivity contribution in [3.8, 4) is 11.5 Å². The number of hydrogen-bond acceptors (Lipinski definition) is 4. The fourth-order valence-electron chi connectivity index (χ4n) is 3.02. The number of anilines is 1. The SMILES string of the molecule is CCC1(C)CN(c2ccc3c(c2)OCCCO3)CCCN1. The Morgan fingerprint density at radius 1 is 1.19 bits per heavy atom. The van der Waals surface area contributed by atoms with Crippen LogP contribution in [0.15, 0.2) is 18.2 Å². The van der Waals surface area contributed by atoms with Gasteiger partial charge in [-0.25, -0.2) is 0 Å². The standard InChI is InChI=1S/C17H26N2O2/c1-3-17(2)13-19(9-4-8-18-17)14-6-7-15-16(12-14)21-11-5-10-20-15/h6-7,12,18H,3-5,8-11,13H2,1-2H3. The van der Waals surface area contributed by atoms with Crippen LogP contribution < -0.4 is 19.7 Å². The largest absolute Gasteiger partial charge is 0.490 e. The Morgan fingerprint density at radius 2 is 2.00 bits per heavy atom. The van der Waals surface area contributed by atoms with E-state index in [0.717, 1.165) is 57.2 Å². The molecule has 0 bridgehead atoms. The van der Waals surface area contributed by atoms with Gasteiger partial charge in [0, 0.05) is 36.8 Å². The molecule has 4 heteroatoms. The van der Waals surface area contributed by atoms with Crippen molar-refractivity contribution >= 4 is 5.69 Å². The van der Waals surface area contributed by atoms with Gasteiger partial charge in [0.15, 0.2) is 11.5 Å². The van der Waals surface area contributed by atoms with Crippen molar-refractivity contribution in [3.05, 3.63) is 18.2 Å². The fourth-order valence-corrected chi connectivity index (χ4v) is 3.02. The van der Waals surface area contributed by atoms with Gasteiger partial charge in [0.2, 0.25) is 0 Å². The molecule has 1 saturated heterocycles. The molecule has 1 atom stereocenters. The summed E-state index contributed by atoms with van der Waals surface area (Å²) in [5, 5.41) is 3.68. The third-order valence-corrected chi connectivity index (χ3v) is 4.57. The molecule has 2 aliphatic heterocycles. The molecule has 4 nitrogen and oxygen atoms in total. The second-order valence-electron chi connectivity index (χ2n) is 6.30. The van der Waals surface area contributed by atoms with E-state index in [-0.39, 0.29) is 5.54 Å². The molecule has 0 spiro atoms. The lowest BCUT2D eigenvalue weighted by molar-refractivity contribution is 0.297. The van der Waals surface area contributed by atoms with Crippen LogP contribution in [-0.2, 0) is 0 Å². The molecule has 1 unspecified atom stereocenters. The summed E-state index contributed by atoms with van der Waals surface area (Å²) in [6, 6.07) is 6.36. The molecule has 1 aromatic rings. The van der Waals surface area contributed by atoms with E-state index < -0.39 is 0 Å². The monoisotopic (exact) mass is 290 g/mol. The van der Waals surface area contributed by atoms with Gasteiger partial charge in [0.05, 0.1) is 13.2 Å². The number of nitrogens with zero attached hydrogens (tertiary/aromatic N) is 1. The molecule has 3 rings (SSSR count). The number of nitrogens with one attached hydrogen (secondary N) is 1. The van der Waals surface area contributed by atoms with Gasteiger partial charge >= 0.3 is 0 Å². The highest BCUT2D eigenvalue weighted by atomic mass is 16.5. The van der Waals surface area contributed by atoms with Crippen molar-refractivity contribution < 1.29 is 9.47 Å². The number of fused-ring (bicyclic) bond motifs is 1. The molecule has 1 aromatic carbocycles. The molecule has 116 valence electrons. The van der Waals surface area contributed by atoms with Crippen molar-refractivity contribution in [1.29, 1.82) is 0 Å². The van der Waals surface area contributed by atoms with E-state index in [1.165, 1.54) is 12.1 Å². The van der Waals surface area contributed by atoms with Crippen molar-refractivity contribution in [2.24, 2.45) is 0 Å². The van der Waals surface area contributed by atoms with Gasteiger partial charge in [-0.15, -0.1) is 0 Å². The maximum Gasteiger partial charge on any atom is 0.163 e. The van der Waals surface area contributed by atoms with Crippen LogP contribution in [-0.4, -0.2) is 38.4 Å². The number of hydrogen-bond donors (Lipinski definition) is 1. The first-order valence-corrected chi connectivity index (χ1v) is 8.10. The van der Waals surface area contributed by atoms with Gasteiger partial charge in [-0.3, -0.25) is 0 Å². The number of ether oxygens (including phenoxy) is 2. The molecule has 0 aromatic heterocycles. The first-order valence-electron chi connectivity index (χ1n) is 8.10. The van der Waals surface area contributed by atoms with Gasteiger partial charge in [-0.1, -0.05) is 6.92 Å². The summed E-state index contributed by atoms with van der Waals surface area (Å²) in [6.07, 6.45) is 3.25. The predicted molar refractivity (Wildman–Crippen MR) is 85.6 cm³/mol. The van der Waals surface area contributed by atoms with E-state index >= 15 is 0 Å². The van der Waals surface area contributed by atoms with Crippen LogP contribution in [0.25, 0.3) is 0 Å². The Balaban J connectivity index is 1.83. The first-order chi connectivity index (χ1) is 10.2. The molecular formula is C17H26N2O2. The number of rotatable bonds is 2. The molecule has 0 radical (unpaired) electrons.